The molecule has 0 unspecified atom stereocenters. The van der Waals surface area contributed by atoms with E-state index in [1.54, 1.807) is 0 Å². The van der Waals surface area contributed by atoms with Gasteiger partial charge in [0.25, 0.3) is 0 Å². The molecule has 1 aliphatic rings. The number of nitrogens with one attached hydrogen (secondary N) is 1. The minimum Gasteiger partial charge on any atom is -0.461 e. The average molecular weight is 257 g/mol. The van der Waals surface area contributed by atoms with Crippen LogP contribution in [0.15, 0.2) is 28.7 Å². The molecule has 0 radical (unpaired) electrons. The molecular formula is C17H23NO. The van der Waals surface area contributed by atoms with Gasteiger partial charge in [-0.3, -0.25) is 0 Å². The molecule has 1 fully saturated rings. The summed E-state index contributed by atoms with van der Waals surface area (Å²) in [6.07, 6.45) is 7.53. The number of aryl methyl sites for hydroxylation is 1. The molecule has 2 aromatic rings. The van der Waals surface area contributed by atoms with Crippen LogP contribution in [-0.2, 0) is 13.0 Å². The lowest BCUT2D eigenvalue weighted by Crippen LogP contribution is -2.34. The maximum absolute atomic E-state index is 6.05. The number of hydrogen-bond donors (Lipinski definition) is 1. The second kappa shape index (κ2) is 5.79. The molecule has 1 heterocycles. The Bertz CT molecular complexity index is 539. The van der Waals surface area contributed by atoms with Crippen molar-refractivity contribution < 1.29 is 4.42 Å². The minimum absolute atomic E-state index is 0.729. The van der Waals surface area contributed by atoms with Crippen molar-refractivity contribution in [2.24, 2.45) is 0 Å². The molecule has 1 aliphatic carbocycles. The second-order valence-corrected chi connectivity index (χ2v) is 5.61. The lowest BCUT2D eigenvalue weighted by Gasteiger charge is -2.26. The van der Waals surface area contributed by atoms with Crippen LogP contribution in [0.4, 0.5) is 0 Å². The summed E-state index contributed by atoms with van der Waals surface area (Å²) in [5, 5.41) is 4.96. The van der Waals surface area contributed by atoms with Crippen LogP contribution >= 0.6 is 0 Å². The van der Waals surface area contributed by atoms with Crippen molar-refractivity contribution in [1.29, 1.82) is 0 Å². The third-order valence-electron chi connectivity index (χ3n) is 4.21. The summed E-state index contributed by atoms with van der Waals surface area (Å²) in [6.45, 7) is 3.19. The zero-order chi connectivity index (χ0) is 13.1. The molecule has 0 atom stereocenters. The molecule has 1 aromatic carbocycles. The Hall–Kier alpha value is -1.28. The highest BCUT2D eigenvalue weighted by atomic mass is 16.3. The van der Waals surface area contributed by atoms with Crippen LogP contribution in [0, 0.1) is 0 Å². The highest BCUT2D eigenvalue weighted by Crippen LogP contribution is 2.28. The Morgan fingerprint density at radius 1 is 1.26 bits per heavy atom. The Morgan fingerprint density at radius 2 is 2.11 bits per heavy atom. The zero-order valence-corrected chi connectivity index (χ0v) is 11.7. The van der Waals surface area contributed by atoms with Gasteiger partial charge in [-0.15, -0.1) is 0 Å². The zero-order valence-electron chi connectivity index (χ0n) is 11.7. The van der Waals surface area contributed by atoms with Crippen molar-refractivity contribution in [2.45, 2.75) is 58.0 Å². The second-order valence-electron chi connectivity index (χ2n) is 5.61. The summed E-state index contributed by atoms with van der Waals surface area (Å²) in [5.41, 5.74) is 2.43. The summed E-state index contributed by atoms with van der Waals surface area (Å²) < 4.78 is 6.05. The molecule has 0 bridgehead atoms. The molecule has 0 amide bonds. The van der Waals surface area contributed by atoms with E-state index in [9.17, 15) is 0 Å². The molecule has 1 saturated carbocycles. The predicted octanol–water partition coefficient (Wildman–Crippen LogP) is 4.42. The fraction of sp³-hybridized carbons (Fsp3) is 0.529. The van der Waals surface area contributed by atoms with Crippen molar-refractivity contribution in [1.82, 2.24) is 5.32 Å². The Balaban J connectivity index is 1.83. The predicted molar refractivity (Wildman–Crippen MR) is 79.3 cm³/mol. The van der Waals surface area contributed by atoms with Gasteiger partial charge < -0.3 is 9.73 Å². The number of hydrogen-bond acceptors (Lipinski definition) is 2. The highest BCUT2D eigenvalue weighted by Gasteiger charge is 2.19. The van der Waals surface area contributed by atoms with E-state index in [0.717, 1.165) is 24.6 Å². The molecular weight excluding hydrogens is 234 g/mol. The fourth-order valence-electron chi connectivity index (χ4n) is 2.74. The van der Waals surface area contributed by atoms with Gasteiger partial charge in [-0.25, -0.2) is 0 Å². The first-order valence-electron chi connectivity index (χ1n) is 7.61. The highest BCUT2D eigenvalue weighted by molar-refractivity contribution is 5.82. The summed E-state index contributed by atoms with van der Waals surface area (Å²) in [4.78, 5) is 0. The first kappa shape index (κ1) is 12.7. The van der Waals surface area contributed by atoms with Crippen molar-refractivity contribution in [3.63, 3.8) is 0 Å². The molecule has 0 saturated heterocycles. The van der Waals surface area contributed by atoms with Crippen molar-refractivity contribution in [2.75, 3.05) is 0 Å². The van der Waals surface area contributed by atoms with Crippen LogP contribution in [0.5, 0.6) is 0 Å². The van der Waals surface area contributed by atoms with E-state index in [1.807, 2.05) is 0 Å². The summed E-state index contributed by atoms with van der Waals surface area (Å²) >= 11 is 0. The van der Waals surface area contributed by atoms with Gasteiger partial charge in [0.15, 0.2) is 0 Å². The van der Waals surface area contributed by atoms with Crippen LogP contribution in [0.25, 0.3) is 11.0 Å². The summed E-state index contributed by atoms with van der Waals surface area (Å²) in [7, 11) is 0. The van der Waals surface area contributed by atoms with E-state index < -0.39 is 0 Å². The molecule has 2 heteroatoms. The molecule has 1 N–H and O–H groups in total. The fourth-order valence-corrected chi connectivity index (χ4v) is 2.74. The lowest BCUT2D eigenvalue weighted by atomic mass is 9.93. The molecule has 1 aromatic heterocycles. The Morgan fingerprint density at radius 3 is 2.84 bits per heavy atom. The van der Waals surface area contributed by atoms with Crippen molar-refractivity contribution in [3.8, 4) is 0 Å². The quantitative estimate of drug-likeness (QED) is 0.828. The van der Waals surface area contributed by atoms with Gasteiger partial charge in [0, 0.05) is 30.0 Å². The molecule has 0 spiro atoms. The van der Waals surface area contributed by atoms with E-state index in [4.69, 9.17) is 4.42 Å². The van der Waals surface area contributed by atoms with Gasteiger partial charge >= 0.3 is 0 Å². The first-order valence-corrected chi connectivity index (χ1v) is 7.61. The monoisotopic (exact) mass is 257 g/mol. The lowest BCUT2D eigenvalue weighted by molar-refractivity contribution is 0.337. The third-order valence-corrected chi connectivity index (χ3v) is 4.21. The van der Waals surface area contributed by atoms with E-state index in [1.165, 1.54) is 48.8 Å². The van der Waals surface area contributed by atoms with Crippen LogP contribution in [0.2, 0.25) is 0 Å². The molecule has 2 nitrogen and oxygen atoms in total. The van der Waals surface area contributed by atoms with Gasteiger partial charge in [-0.05, 0) is 25.3 Å². The average Bonchev–Trinajstić information content (AvgIpc) is 2.73. The molecule has 3 rings (SSSR count). The van der Waals surface area contributed by atoms with Gasteiger partial charge in [0.1, 0.15) is 11.3 Å². The van der Waals surface area contributed by atoms with Crippen molar-refractivity contribution in [3.05, 3.63) is 35.6 Å². The normalized spacial score (nSPS) is 15.8. The Labute approximate surface area is 115 Å². The third kappa shape index (κ3) is 2.69. The van der Waals surface area contributed by atoms with Crippen LogP contribution < -0.4 is 5.32 Å². The van der Waals surface area contributed by atoms with Crippen LogP contribution in [-0.4, -0.2) is 6.04 Å². The van der Waals surface area contributed by atoms with Gasteiger partial charge in [-0.1, -0.05) is 38.0 Å². The number of para-hydroxylation sites is 1. The smallest absolute Gasteiger partial charge is 0.134 e. The van der Waals surface area contributed by atoms with E-state index in [2.05, 4.69) is 36.5 Å². The largest absolute Gasteiger partial charge is 0.461 e. The van der Waals surface area contributed by atoms with E-state index in [-0.39, 0.29) is 0 Å². The number of benzene rings is 1. The van der Waals surface area contributed by atoms with Crippen LogP contribution in [0.1, 0.15) is 50.4 Å². The number of fused-ring (bicyclic) bond motifs is 1. The first-order chi connectivity index (χ1) is 9.38. The molecule has 19 heavy (non-hydrogen) atoms. The van der Waals surface area contributed by atoms with Gasteiger partial charge in [-0.2, -0.15) is 0 Å². The van der Waals surface area contributed by atoms with Crippen LogP contribution in [0.3, 0.4) is 0 Å². The number of rotatable bonds is 6. The molecule has 102 valence electrons. The summed E-state index contributed by atoms with van der Waals surface area (Å²) in [5.74, 6) is 1.19. The van der Waals surface area contributed by atoms with Crippen molar-refractivity contribution >= 4 is 11.0 Å². The van der Waals surface area contributed by atoms with E-state index in [0.29, 0.717) is 0 Å². The number of furan rings is 1. The van der Waals surface area contributed by atoms with E-state index >= 15 is 0 Å². The topological polar surface area (TPSA) is 25.2 Å². The summed E-state index contributed by atoms with van der Waals surface area (Å²) in [6, 6.07) is 9.16. The standard InChI is InChI=1S/C17H23NO/c1-2-3-10-17-15(12-18-13-7-6-8-13)14-9-4-5-11-16(14)19-17/h4-5,9,11,13,18H,2-3,6-8,10,12H2,1H3. The number of unbranched alkanes of at least 4 members (excludes halogenated alkanes) is 1. The van der Waals surface area contributed by atoms with Gasteiger partial charge in [0.2, 0.25) is 0 Å². The maximum atomic E-state index is 6.05. The Kier molecular flexibility index (Phi) is 3.88. The maximum Gasteiger partial charge on any atom is 0.134 e. The minimum atomic E-state index is 0.729. The SMILES string of the molecule is CCCCc1oc2ccccc2c1CNC1CCC1. The molecule has 0 aliphatic heterocycles. The van der Waals surface area contributed by atoms with Gasteiger partial charge in [0.05, 0.1) is 0 Å².